The van der Waals surface area contributed by atoms with Gasteiger partial charge < -0.3 is 19.7 Å². The molecule has 0 unspecified atom stereocenters. The van der Waals surface area contributed by atoms with E-state index in [0.29, 0.717) is 37.0 Å². The molecule has 1 aromatic carbocycles. The smallest absolute Gasteiger partial charge is 0.257 e. The first-order chi connectivity index (χ1) is 16.0. The fourth-order valence-electron chi connectivity index (χ4n) is 5.00. The Morgan fingerprint density at radius 3 is 2.67 bits per heavy atom. The number of nitrogens with one attached hydrogen (secondary N) is 1. The third kappa shape index (κ3) is 5.74. The highest BCUT2D eigenvalue weighted by molar-refractivity contribution is 5.98. The molecule has 2 aliphatic rings. The van der Waals surface area contributed by atoms with Crippen LogP contribution in [0.1, 0.15) is 68.5 Å². The number of aromatic nitrogens is 1. The Bertz CT molecular complexity index is 910. The molecule has 3 heterocycles. The largest absolute Gasteiger partial charge is 0.378 e. The van der Waals surface area contributed by atoms with Gasteiger partial charge >= 0.3 is 0 Å². The molecule has 1 aromatic heterocycles. The molecule has 4 rings (SSSR count). The van der Waals surface area contributed by atoms with Gasteiger partial charge in [0.1, 0.15) is 5.82 Å². The van der Waals surface area contributed by atoms with Crippen molar-refractivity contribution in [3.8, 4) is 0 Å². The summed E-state index contributed by atoms with van der Waals surface area (Å²) in [5.74, 6) is 1.19. The SMILES string of the molecule is CCO[C@H]1C[C@@H](c2ccccc2)OC2(CCN(C(=O)c3cccnc3NCC(C)C)CC2)C1. The van der Waals surface area contributed by atoms with Crippen LogP contribution in [-0.4, -0.2) is 53.7 Å². The summed E-state index contributed by atoms with van der Waals surface area (Å²) in [5.41, 5.74) is 1.60. The van der Waals surface area contributed by atoms with Gasteiger partial charge in [-0.3, -0.25) is 4.79 Å². The molecule has 2 aromatic rings. The van der Waals surface area contributed by atoms with Crippen LogP contribution in [0.5, 0.6) is 0 Å². The van der Waals surface area contributed by atoms with E-state index in [1.165, 1.54) is 5.56 Å². The van der Waals surface area contributed by atoms with Gasteiger partial charge in [-0.05, 0) is 43.4 Å². The van der Waals surface area contributed by atoms with E-state index >= 15 is 0 Å². The summed E-state index contributed by atoms with van der Waals surface area (Å²) in [4.78, 5) is 19.7. The number of hydrogen-bond acceptors (Lipinski definition) is 5. The molecule has 1 N–H and O–H groups in total. The Kier molecular flexibility index (Phi) is 7.66. The zero-order chi connectivity index (χ0) is 23.3. The monoisotopic (exact) mass is 451 g/mol. The Balaban J connectivity index is 1.45. The summed E-state index contributed by atoms with van der Waals surface area (Å²) < 4.78 is 12.8. The highest BCUT2D eigenvalue weighted by atomic mass is 16.5. The molecule has 2 aliphatic heterocycles. The second-order valence-corrected chi connectivity index (χ2v) is 9.68. The normalized spacial score (nSPS) is 22.5. The zero-order valence-corrected chi connectivity index (χ0v) is 20.1. The predicted octanol–water partition coefficient (Wildman–Crippen LogP) is 5.08. The van der Waals surface area contributed by atoms with E-state index in [0.717, 1.165) is 32.2 Å². The van der Waals surface area contributed by atoms with Crippen LogP contribution in [0.4, 0.5) is 5.82 Å². The van der Waals surface area contributed by atoms with Crippen molar-refractivity contribution >= 4 is 11.7 Å². The van der Waals surface area contributed by atoms with Crippen molar-refractivity contribution in [1.29, 1.82) is 0 Å². The molecule has 6 heteroatoms. The van der Waals surface area contributed by atoms with Gasteiger partial charge in [-0.25, -0.2) is 4.98 Å². The van der Waals surface area contributed by atoms with Gasteiger partial charge in [0, 0.05) is 45.3 Å². The van der Waals surface area contributed by atoms with E-state index in [1.807, 2.05) is 23.1 Å². The number of piperidine rings is 1. The summed E-state index contributed by atoms with van der Waals surface area (Å²) in [5, 5.41) is 3.33. The number of likely N-dealkylation sites (tertiary alicyclic amines) is 1. The van der Waals surface area contributed by atoms with Crippen molar-refractivity contribution in [2.45, 2.75) is 64.3 Å². The molecule has 0 saturated carbocycles. The highest BCUT2D eigenvalue weighted by Crippen LogP contribution is 2.44. The van der Waals surface area contributed by atoms with Crippen LogP contribution in [0.2, 0.25) is 0 Å². The molecule has 0 radical (unpaired) electrons. The van der Waals surface area contributed by atoms with Crippen molar-refractivity contribution in [3.05, 3.63) is 59.8 Å². The van der Waals surface area contributed by atoms with E-state index in [9.17, 15) is 4.79 Å². The van der Waals surface area contributed by atoms with Crippen LogP contribution in [0, 0.1) is 5.92 Å². The van der Waals surface area contributed by atoms with Crippen LogP contribution >= 0.6 is 0 Å². The Hall–Kier alpha value is -2.44. The van der Waals surface area contributed by atoms with E-state index in [1.54, 1.807) is 6.20 Å². The predicted molar refractivity (Wildman–Crippen MR) is 130 cm³/mol. The van der Waals surface area contributed by atoms with Crippen LogP contribution in [0.15, 0.2) is 48.7 Å². The zero-order valence-electron chi connectivity index (χ0n) is 20.1. The van der Waals surface area contributed by atoms with E-state index in [2.05, 4.69) is 55.3 Å². The Morgan fingerprint density at radius 1 is 1.21 bits per heavy atom. The van der Waals surface area contributed by atoms with Gasteiger partial charge in [0.25, 0.3) is 5.91 Å². The average Bonchev–Trinajstić information content (AvgIpc) is 2.83. The second kappa shape index (κ2) is 10.7. The van der Waals surface area contributed by atoms with Crippen molar-refractivity contribution in [1.82, 2.24) is 9.88 Å². The molecule has 6 nitrogen and oxygen atoms in total. The summed E-state index contributed by atoms with van der Waals surface area (Å²) in [6.07, 6.45) is 5.35. The third-order valence-corrected chi connectivity index (χ3v) is 6.72. The maximum absolute atomic E-state index is 13.4. The highest BCUT2D eigenvalue weighted by Gasteiger charge is 2.45. The standard InChI is InChI=1S/C27H37N3O3/c1-4-32-22-17-24(21-9-6-5-7-10-21)33-27(18-22)12-15-30(16-13-27)26(31)23-11-8-14-28-25(23)29-19-20(2)3/h5-11,14,20,22,24H,4,12-13,15-19H2,1-3H3,(H,28,29)/t22-,24-/m0/s1. The minimum Gasteiger partial charge on any atom is -0.378 e. The second-order valence-electron chi connectivity index (χ2n) is 9.68. The van der Waals surface area contributed by atoms with Crippen LogP contribution < -0.4 is 5.32 Å². The first-order valence-corrected chi connectivity index (χ1v) is 12.3. The summed E-state index contributed by atoms with van der Waals surface area (Å²) in [6.45, 7) is 9.19. The number of ether oxygens (including phenoxy) is 2. The number of pyridine rings is 1. The van der Waals surface area contributed by atoms with E-state index in [4.69, 9.17) is 9.47 Å². The molecule has 1 spiro atoms. The lowest BCUT2D eigenvalue weighted by Gasteiger charge is -2.48. The number of hydrogen-bond donors (Lipinski definition) is 1. The van der Waals surface area contributed by atoms with E-state index < -0.39 is 0 Å². The minimum atomic E-state index is -0.247. The summed E-state index contributed by atoms with van der Waals surface area (Å²) in [7, 11) is 0. The molecule has 0 bridgehead atoms. The van der Waals surface area contributed by atoms with Gasteiger partial charge in [0.2, 0.25) is 0 Å². The van der Waals surface area contributed by atoms with Gasteiger partial charge in [0.15, 0.2) is 0 Å². The maximum atomic E-state index is 13.4. The molecule has 2 atom stereocenters. The lowest BCUT2D eigenvalue weighted by atomic mass is 9.80. The topological polar surface area (TPSA) is 63.7 Å². The lowest BCUT2D eigenvalue weighted by Crippen LogP contribution is -2.52. The number of anilines is 1. The third-order valence-electron chi connectivity index (χ3n) is 6.72. The van der Waals surface area contributed by atoms with Crippen molar-refractivity contribution in [3.63, 3.8) is 0 Å². The average molecular weight is 452 g/mol. The number of carbonyl (C=O) groups is 1. The molecule has 2 fully saturated rings. The van der Waals surface area contributed by atoms with Crippen molar-refractivity contribution in [2.75, 3.05) is 31.6 Å². The molecular formula is C27H37N3O3. The Labute approximate surface area is 197 Å². The lowest BCUT2D eigenvalue weighted by molar-refractivity contribution is -0.190. The fraction of sp³-hybridized carbons (Fsp3) is 0.556. The fourth-order valence-corrected chi connectivity index (χ4v) is 5.00. The summed E-state index contributed by atoms with van der Waals surface area (Å²) >= 11 is 0. The Morgan fingerprint density at radius 2 is 1.97 bits per heavy atom. The van der Waals surface area contributed by atoms with Gasteiger partial charge in [-0.2, -0.15) is 0 Å². The van der Waals surface area contributed by atoms with Crippen LogP contribution in [0.25, 0.3) is 0 Å². The summed E-state index contributed by atoms with van der Waals surface area (Å²) in [6, 6.07) is 14.1. The minimum absolute atomic E-state index is 0.0314. The molecule has 1 amide bonds. The molecular weight excluding hydrogens is 414 g/mol. The molecule has 2 saturated heterocycles. The number of carbonyl (C=O) groups excluding carboxylic acids is 1. The van der Waals surface area contributed by atoms with Crippen molar-refractivity contribution < 1.29 is 14.3 Å². The maximum Gasteiger partial charge on any atom is 0.257 e. The number of rotatable bonds is 7. The van der Waals surface area contributed by atoms with Gasteiger partial charge in [0.05, 0.1) is 23.4 Å². The first-order valence-electron chi connectivity index (χ1n) is 12.3. The quantitative estimate of drug-likeness (QED) is 0.636. The first kappa shape index (κ1) is 23.7. The molecule has 33 heavy (non-hydrogen) atoms. The molecule has 0 aliphatic carbocycles. The van der Waals surface area contributed by atoms with Crippen molar-refractivity contribution in [2.24, 2.45) is 5.92 Å². The van der Waals surface area contributed by atoms with E-state index in [-0.39, 0.29) is 23.7 Å². The molecule has 178 valence electrons. The van der Waals surface area contributed by atoms with Crippen LogP contribution in [-0.2, 0) is 9.47 Å². The van der Waals surface area contributed by atoms with Gasteiger partial charge in [-0.15, -0.1) is 0 Å². The van der Waals surface area contributed by atoms with Gasteiger partial charge in [-0.1, -0.05) is 44.2 Å². The number of nitrogens with zero attached hydrogens (tertiary/aromatic N) is 2. The van der Waals surface area contributed by atoms with Crippen LogP contribution in [0.3, 0.4) is 0 Å². The number of benzene rings is 1. The number of amides is 1.